The van der Waals surface area contributed by atoms with Crippen LogP contribution in [0.3, 0.4) is 0 Å². The molecule has 0 aliphatic heterocycles. The van der Waals surface area contributed by atoms with Gasteiger partial charge in [0.15, 0.2) is 0 Å². The molecule has 0 saturated carbocycles. The Balaban J connectivity index is 1.45. The Morgan fingerprint density at radius 3 is 0.875 bits per heavy atom. The zero-order chi connectivity index (χ0) is 38.9. The molecule has 278 valence electrons. The Kier molecular flexibility index (Phi) is 10.0. The number of fused-ring (bicyclic) bond motifs is 2. The fraction of sp³-hybridized carbons (Fsp3) is 0.0833. The van der Waals surface area contributed by atoms with Crippen LogP contribution in [0.15, 0.2) is 170 Å². The molecule has 0 aliphatic carbocycles. The first-order chi connectivity index (χ1) is 27.1. The lowest BCUT2D eigenvalue weighted by Crippen LogP contribution is -2.23. The second-order valence-corrected chi connectivity index (χ2v) is 17.7. The minimum Gasteiger partial charge on any atom is -0.413 e. The zero-order valence-electron chi connectivity index (χ0n) is 31.5. The molecule has 0 aromatic heterocycles. The molecule has 8 aromatic rings. The molecule has 0 fully saturated rings. The van der Waals surface area contributed by atoms with Crippen molar-refractivity contribution in [2.75, 3.05) is 0 Å². The van der Waals surface area contributed by atoms with E-state index in [-0.39, 0.29) is 10.6 Å². The SMILES string of the molecule is Cc1ccc(OP(=O)(Oc2ccc(C)cc2)c2ccc3ccccc3c2-c2c(P(=O)(Oc3ccc(C)cc3)Oc3ccc(C)cc3)ccc3ccccc23)cc1. The normalized spacial score (nSPS) is 11.7. The second-order valence-electron chi connectivity index (χ2n) is 14.0. The standard InChI is InChI=1S/C48H40O6P2/c1-33-13-23-39(24-14-33)51-55(49,52-40-25-15-34(2)16-26-40)45-31-21-37-9-5-7-11-43(37)47(45)48-44-12-8-6-10-38(44)22-32-46(48)56(50,53-41-27-17-35(3)18-28-41)54-42-29-19-36(4)20-30-42/h5-32H,1-4H3. The van der Waals surface area contributed by atoms with E-state index < -0.39 is 15.2 Å². The number of hydrogen-bond acceptors (Lipinski definition) is 6. The first kappa shape index (κ1) is 36.9. The minimum absolute atomic E-state index is 0.284. The summed E-state index contributed by atoms with van der Waals surface area (Å²) in [5.41, 5.74) is 5.15. The molecular weight excluding hydrogens is 734 g/mol. The van der Waals surface area contributed by atoms with E-state index in [0.717, 1.165) is 43.8 Å². The van der Waals surface area contributed by atoms with Crippen LogP contribution in [-0.2, 0) is 9.13 Å². The highest BCUT2D eigenvalue weighted by Gasteiger charge is 2.41. The van der Waals surface area contributed by atoms with Gasteiger partial charge in [-0.3, -0.25) is 0 Å². The third-order valence-electron chi connectivity index (χ3n) is 9.64. The lowest BCUT2D eigenvalue weighted by molar-refractivity contribution is 0.397. The largest absolute Gasteiger partial charge is 0.463 e. The maximum absolute atomic E-state index is 15.9. The van der Waals surface area contributed by atoms with Gasteiger partial charge in [-0.1, -0.05) is 131 Å². The van der Waals surface area contributed by atoms with E-state index in [9.17, 15) is 0 Å². The van der Waals surface area contributed by atoms with Crippen molar-refractivity contribution >= 4 is 47.3 Å². The van der Waals surface area contributed by atoms with Gasteiger partial charge >= 0.3 is 15.2 Å². The molecule has 0 heterocycles. The molecule has 0 radical (unpaired) electrons. The summed E-state index contributed by atoms with van der Waals surface area (Å²) in [5, 5.41) is 3.81. The summed E-state index contributed by atoms with van der Waals surface area (Å²) in [6.07, 6.45) is 0. The molecule has 8 heteroatoms. The summed E-state index contributed by atoms with van der Waals surface area (Å²) >= 11 is 0. The number of aryl methyl sites for hydroxylation is 4. The van der Waals surface area contributed by atoms with Crippen LogP contribution in [0.25, 0.3) is 32.7 Å². The van der Waals surface area contributed by atoms with Crippen molar-refractivity contribution in [2.45, 2.75) is 27.7 Å². The van der Waals surface area contributed by atoms with E-state index in [1.165, 1.54) is 0 Å². The number of rotatable bonds is 11. The Hall–Kier alpha value is -6.06. The van der Waals surface area contributed by atoms with Crippen molar-refractivity contribution in [3.05, 3.63) is 192 Å². The Bertz CT molecular complexity index is 2480. The Morgan fingerprint density at radius 2 is 0.589 bits per heavy atom. The van der Waals surface area contributed by atoms with Crippen molar-refractivity contribution in [3.8, 4) is 34.1 Å². The third kappa shape index (κ3) is 7.59. The van der Waals surface area contributed by atoms with Gasteiger partial charge in [-0.15, -0.1) is 0 Å². The molecule has 0 bridgehead atoms. The smallest absolute Gasteiger partial charge is 0.413 e. The van der Waals surface area contributed by atoms with Crippen LogP contribution < -0.4 is 28.7 Å². The van der Waals surface area contributed by atoms with Gasteiger partial charge in [-0.05, 0) is 110 Å². The van der Waals surface area contributed by atoms with Gasteiger partial charge in [0.05, 0.1) is 10.6 Å². The summed E-state index contributed by atoms with van der Waals surface area (Å²) < 4.78 is 58.0. The molecule has 0 unspecified atom stereocenters. The number of hydrogen-bond donors (Lipinski definition) is 0. The zero-order valence-corrected chi connectivity index (χ0v) is 33.3. The maximum Gasteiger partial charge on any atom is 0.463 e. The summed E-state index contributed by atoms with van der Waals surface area (Å²) in [4.78, 5) is 0. The van der Waals surface area contributed by atoms with Crippen molar-refractivity contribution in [3.63, 3.8) is 0 Å². The van der Waals surface area contributed by atoms with Gasteiger partial charge in [0.25, 0.3) is 0 Å². The van der Waals surface area contributed by atoms with E-state index in [4.69, 9.17) is 18.1 Å². The Labute approximate surface area is 327 Å². The Morgan fingerprint density at radius 1 is 0.321 bits per heavy atom. The number of benzene rings is 8. The van der Waals surface area contributed by atoms with Crippen LogP contribution in [0.1, 0.15) is 22.3 Å². The lowest BCUT2D eigenvalue weighted by atomic mass is 9.94. The average Bonchev–Trinajstić information content (AvgIpc) is 3.20. The molecule has 0 spiro atoms. The molecule has 0 atom stereocenters. The fourth-order valence-corrected chi connectivity index (χ4v) is 10.3. The van der Waals surface area contributed by atoms with Gasteiger partial charge in [0.1, 0.15) is 23.0 Å². The second kappa shape index (κ2) is 15.2. The van der Waals surface area contributed by atoms with E-state index in [1.54, 1.807) is 60.7 Å². The highest BCUT2D eigenvalue weighted by molar-refractivity contribution is 7.64. The van der Waals surface area contributed by atoms with Crippen LogP contribution >= 0.6 is 15.2 Å². The average molecular weight is 775 g/mol. The van der Waals surface area contributed by atoms with Crippen molar-refractivity contribution < 1.29 is 27.2 Å². The third-order valence-corrected chi connectivity index (χ3v) is 13.4. The monoisotopic (exact) mass is 774 g/mol. The first-order valence-corrected chi connectivity index (χ1v) is 21.5. The first-order valence-electron chi connectivity index (χ1n) is 18.4. The molecular formula is C48H40O6P2. The van der Waals surface area contributed by atoms with Crippen LogP contribution in [-0.4, -0.2) is 0 Å². The van der Waals surface area contributed by atoms with Gasteiger partial charge in [0, 0.05) is 11.1 Å². The molecule has 8 rings (SSSR count). The van der Waals surface area contributed by atoms with E-state index in [0.29, 0.717) is 34.1 Å². The van der Waals surface area contributed by atoms with Gasteiger partial charge in [-0.25, -0.2) is 9.13 Å². The molecule has 0 aliphatic rings. The van der Waals surface area contributed by atoms with Crippen LogP contribution in [0, 0.1) is 27.7 Å². The van der Waals surface area contributed by atoms with Crippen molar-refractivity contribution in [2.24, 2.45) is 0 Å². The highest BCUT2D eigenvalue weighted by atomic mass is 31.2. The predicted octanol–water partition coefficient (Wildman–Crippen LogP) is 12.8. The topological polar surface area (TPSA) is 71.1 Å². The van der Waals surface area contributed by atoms with E-state index >= 15 is 9.13 Å². The maximum atomic E-state index is 15.9. The van der Waals surface area contributed by atoms with E-state index in [1.807, 2.05) is 137 Å². The van der Waals surface area contributed by atoms with Gasteiger partial charge in [-0.2, -0.15) is 0 Å². The molecule has 8 aromatic carbocycles. The minimum atomic E-state index is -4.32. The van der Waals surface area contributed by atoms with Gasteiger partial charge < -0.3 is 18.1 Å². The van der Waals surface area contributed by atoms with Crippen LogP contribution in [0.5, 0.6) is 23.0 Å². The van der Waals surface area contributed by atoms with E-state index in [2.05, 4.69) is 0 Å². The summed E-state index contributed by atoms with van der Waals surface area (Å²) in [7, 11) is -8.64. The van der Waals surface area contributed by atoms with Crippen LogP contribution in [0.4, 0.5) is 0 Å². The predicted molar refractivity (Wildman–Crippen MR) is 229 cm³/mol. The van der Waals surface area contributed by atoms with Crippen molar-refractivity contribution in [1.82, 2.24) is 0 Å². The molecule has 0 saturated heterocycles. The fourth-order valence-electron chi connectivity index (χ4n) is 6.69. The molecule has 0 N–H and O–H groups in total. The lowest BCUT2D eigenvalue weighted by Gasteiger charge is -2.27. The quantitative estimate of drug-likeness (QED) is 0.122. The highest BCUT2D eigenvalue weighted by Crippen LogP contribution is 2.55. The van der Waals surface area contributed by atoms with Gasteiger partial charge in [0.2, 0.25) is 0 Å². The summed E-state index contributed by atoms with van der Waals surface area (Å²) in [6.45, 7) is 7.91. The van der Waals surface area contributed by atoms with Crippen LogP contribution in [0.2, 0.25) is 0 Å². The molecule has 6 nitrogen and oxygen atoms in total. The van der Waals surface area contributed by atoms with Crippen molar-refractivity contribution in [1.29, 1.82) is 0 Å². The summed E-state index contributed by atoms with van der Waals surface area (Å²) in [5.74, 6) is 1.50. The molecule has 0 amide bonds. The summed E-state index contributed by atoms with van der Waals surface area (Å²) in [6, 6.07) is 52.5. The molecule has 56 heavy (non-hydrogen) atoms.